The fourth-order valence-electron chi connectivity index (χ4n) is 2.50. The van der Waals surface area contributed by atoms with Gasteiger partial charge in [0.05, 0.1) is 0 Å². The third kappa shape index (κ3) is 10.5. The van der Waals surface area contributed by atoms with E-state index in [-0.39, 0.29) is 17.9 Å². The van der Waals surface area contributed by atoms with Crippen LogP contribution in [-0.4, -0.2) is 23.6 Å². The molecule has 22 heavy (non-hydrogen) atoms. The molecule has 3 N–H and O–H groups in total. The predicted molar refractivity (Wildman–Crippen MR) is 89.4 cm³/mol. The number of hydrogen-bond acceptors (Lipinski definition) is 3. The van der Waals surface area contributed by atoms with E-state index in [0.29, 0.717) is 18.3 Å². The second kappa shape index (κ2) is 9.01. The summed E-state index contributed by atoms with van der Waals surface area (Å²) in [4.78, 5) is 23.6. The molecule has 5 heteroatoms. The summed E-state index contributed by atoms with van der Waals surface area (Å²) in [6.07, 6.45) is 1.65. The number of rotatable bonds is 8. The summed E-state index contributed by atoms with van der Waals surface area (Å²) in [6, 6.07) is -0.105. The van der Waals surface area contributed by atoms with Gasteiger partial charge in [0, 0.05) is 12.0 Å². The lowest BCUT2D eigenvalue weighted by atomic mass is 9.88. The van der Waals surface area contributed by atoms with Crippen LogP contribution in [0.2, 0.25) is 0 Å². The van der Waals surface area contributed by atoms with Crippen LogP contribution in [-0.2, 0) is 9.53 Å². The number of alkyl carbamates (subject to hydrolysis) is 1. The Kier molecular flexibility index (Phi) is 8.49. The molecule has 0 aromatic rings. The average molecular weight is 314 g/mol. The molecule has 0 aliphatic heterocycles. The number of nitrogens with one attached hydrogen (secondary N) is 1. The van der Waals surface area contributed by atoms with E-state index >= 15 is 0 Å². The van der Waals surface area contributed by atoms with Crippen molar-refractivity contribution in [3.63, 3.8) is 0 Å². The Bertz CT molecular complexity index is 359. The quantitative estimate of drug-likeness (QED) is 0.720. The van der Waals surface area contributed by atoms with Crippen molar-refractivity contribution >= 4 is 12.0 Å². The van der Waals surface area contributed by atoms with Crippen LogP contribution >= 0.6 is 0 Å². The average Bonchev–Trinajstić information content (AvgIpc) is 2.22. The Hall–Kier alpha value is -1.26. The highest BCUT2D eigenvalue weighted by atomic mass is 16.6. The van der Waals surface area contributed by atoms with Gasteiger partial charge in [-0.2, -0.15) is 0 Å². The Morgan fingerprint density at radius 3 is 1.86 bits per heavy atom. The van der Waals surface area contributed by atoms with Crippen molar-refractivity contribution in [2.45, 2.75) is 79.4 Å². The van der Waals surface area contributed by atoms with Crippen LogP contribution in [0.3, 0.4) is 0 Å². The SMILES string of the molecule is CC(C)CC(C[C@H](CC(C)C)NC(=O)OC(C)(C)C)C(N)=O. The van der Waals surface area contributed by atoms with Crippen LogP contribution < -0.4 is 11.1 Å². The molecule has 0 aromatic heterocycles. The fraction of sp³-hybridized carbons (Fsp3) is 0.882. The summed E-state index contributed by atoms with van der Waals surface area (Å²) >= 11 is 0. The van der Waals surface area contributed by atoms with Gasteiger partial charge in [-0.3, -0.25) is 4.79 Å². The second-order valence-corrected chi connectivity index (χ2v) is 7.94. The minimum absolute atomic E-state index is 0.105. The van der Waals surface area contributed by atoms with E-state index in [2.05, 4.69) is 33.0 Å². The first-order chi connectivity index (χ1) is 9.90. The van der Waals surface area contributed by atoms with Gasteiger partial charge in [0.1, 0.15) is 5.60 Å². The number of hydrogen-bond donors (Lipinski definition) is 2. The summed E-state index contributed by atoms with van der Waals surface area (Å²) in [6.45, 7) is 13.8. The minimum Gasteiger partial charge on any atom is -0.444 e. The molecule has 0 rings (SSSR count). The highest BCUT2D eigenvalue weighted by Crippen LogP contribution is 2.21. The van der Waals surface area contributed by atoms with Crippen molar-refractivity contribution in [2.75, 3.05) is 0 Å². The summed E-state index contributed by atoms with van der Waals surface area (Å²) in [5.74, 6) is 0.276. The standard InChI is InChI=1S/C17H34N2O3/c1-11(2)8-13(15(18)20)10-14(9-12(3)4)19-16(21)22-17(5,6)7/h11-14H,8-10H2,1-7H3,(H2,18,20)(H,19,21)/t13?,14-/m0/s1. The van der Waals surface area contributed by atoms with Gasteiger partial charge in [0.15, 0.2) is 0 Å². The van der Waals surface area contributed by atoms with E-state index in [4.69, 9.17) is 10.5 Å². The molecule has 2 amide bonds. The highest BCUT2D eigenvalue weighted by Gasteiger charge is 2.25. The summed E-state index contributed by atoms with van der Waals surface area (Å²) in [7, 11) is 0. The lowest BCUT2D eigenvalue weighted by Gasteiger charge is -2.27. The van der Waals surface area contributed by atoms with Crippen LogP contribution in [0, 0.1) is 17.8 Å². The van der Waals surface area contributed by atoms with Crippen molar-refractivity contribution in [2.24, 2.45) is 23.5 Å². The molecular weight excluding hydrogens is 280 g/mol. The lowest BCUT2D eigenvalue weighted by Crippen LogP contribution is -2.42. The molecular formula is C17H34N2O3. The maximum absolute atomic E-state index is 12.0. The topological polar surface area (TPSA) is 81.4 Å². The molecule has 0 heterocycles. The predicted octanol–water partition coefficient (Wildman–Crippen LogP) is 3.46. The van der Waals surface area contributed by atoms with E-state index < -0.39 is 11.7 Å². The van der Waals surface area contributed by atoms with Gasteiger partial charge in [-0.1, -0.05) is 27.7 Å². The zero-order valence-electron chi connectivity index (χ0n) is 15.2. The van der Waals surface area contributed by atoms with Gasteiger partial charge < -0.3 is 15.8 Å². The number of amides is 2. The lowest BCUT2D eigenvalue weighted by molar-refractivity contribution is -0.122. The molecule has 2 atom stereocenters. The smallest absolute Gasteiger partial charge is 0.407 e. The molecule has 0 aliphatic carbocycles. The third-order valence-electron chi connectivity index (χ3n) is 3.20. The fourth-order valence-corrected chi connectivity index (χ4v) is 2.50. The van der Waals surface area contributed by atoms with Gasteiger partial charge in [-0.25, -0.2) is 4.79 Å². The number of primary amides is 1. The van der Waals surface area contributed by atoms with E-state index in [0.717, 1.165) is 12.8 Å². The molecule has 0 radical (unpaired) electrons. The van der Waals surface area contributed by atoms with E-state index in [9.17, 15) is 9.59 Å². The highest BCUT2D eigenvalue weighted by molar-refractivity contribution is 5.76. The Morgan fingerprint density at radius 1 is 1.00 bits per heavy atom. The summed E-state index contributed by atoms with van der Waals surface area (Å²) in [5, 5.41) is 2.89. The van der Waals surface area contributed by atoms with Crippen LogP contribution in [0.4, 0.5) is 4.79 Å². The molecule has 0 spiro atoms. The maximum atomic E-state index is 12.0. The first kappa shape index (κ1) is 20.7. The second-order valence-electron chi connectivity index (χ2n) is 7.94. The molecule has 0 aliphatic rings. The van der Waals surface area contributed by atoms with Gasteiger partial charge in [-0.05, 0) is 51.9 Å². The molecule has 0 aromatic carbocycles. The zero-order valence-corrected chi connectivity index (χ0v) is 15.2. The van der Waals surface area contributed by atoms with Crippen LogP contribution in [0.15, 0.2) is 0 Å². The molecule has 1 unspecified atom stereocenters. The Balaban J connectivity index is 4.81. The molecule has 130 valence electrons. The van der Waals surface area contributed by atoms with Crippen LogP contribution in [0.1, 0.15) is 67.7 Å². The normalized spacial score (nSPS) is 14.8. The van der Waals surface area contributed by atoms with Gasteiger partial charge in [-0.15, -0.1) is 0 Å². The summed E-state index contributed by atoms with van der Waals surface area (Å²) < 4.78 is 5.31. The molecule has 0 saturated heterocycles. The summed E-state index contributed by atoms with van der Waals surface area (Å²) in [5.41, 5.74) is 4.98. The van der Waals surface area contributed by atoms with E-state index in [1.165, 1.54) is 0 Å². The molecule has 0 fully saturated rings. The first-order valence-electron chi connectivity index (χ1n) is 8.19. The minimum atomic E-state index is -0.534. The number of carbonyl (C=O) groups is 2. The van der Waals surface area contributed by atoms with E-state index in [1.54, 1.807) is 0 Å². The Labute approximate surface area is 135 Å². The zero-order chi connectivity index (χ0) is 17.5. The van der Waals surface area contributed by atoms with Crippen LogP contribution in [0.5, 0.6) is 0 Å². The maximum Gasteiger partial charge on any atom is 0.407 e. The monoisotopic (exact) mass is 314 g/mol. The number of nitrogens with two attached hydrogens (primary N) is 1. The third-order valence-corrected chi connectivity index (χ3v) is 3.20. The van der Waals surface area contributed by atoms with Crippen molar-refractivity contribution in [1.82, 2.24) is 5.32 Å². The first-order valence-corrected chi connectivity index (χ1v) is 8.19. The van der Waals surface area contributed by atoms with Gasteiger partial charge in [0.2, 0.25) is 5.91 Å². The Morgan fingerprint density at radius 2 is 1.50 bits per heavy atom. The number of ether oxygens (including phenoxy) is 1. The number of carbonyl (C=O) groups excluding carboxylic acids is 2. The van der Waals surface area contributed by atoms with Crippen molar-refractivity contribution in [1.29, 1.82) is 0 Å². The van der Waals surface area contributed by atoms with E-state index in [1.807, 2.05) is 20.8 Å². The van der Waals surface area contributed by atoms with Crippen molar-refractivity contribution in [3.8, 4) is 0 Å². The molecule has 5 nitrogen and oxygen atoms in total. The molecule has 0 bridgehead atoms. The van der Waals surface area contributed by atoms with Crippen LogP contribution in [0.25, 0.3) is 0 Å². The molecule has 0 saturated carbocycles. The van der Waals surface area contributed by atoms with Gasteiger partial charge in [0.25, 0.3) is 0 Å². The van der Waals surface area contributed by atoms with Crippen molar-refractivity contribution < 1.29 is 14.3 Å². The van der Waals surface area contributed by atoms with Crippen molar-refractivity contribution in [3.05, 3.63) is 0 Å². The largest absolute Gasteiger partial charge is 0.444 e. The van der Waals surface area contributed by atoms with Gasteiger partial charge >= 0.3 is 6.09 Å².